The van der Waals surface area contributed by atoms with Crippen LogP contribution in [-0.2, 0) is 19.4 Å². The largest absolute Gasteiger partial charge is 0.388 e. The van der Waals surface area contributed by atoms with Crippen LogP contribution in [0.25, 0.3) is 0 Å². The fourth-order valence-electron chi connectivity index (χ4n) is 3.99. The predicted octanol–water partition coefficient (Wildman–Crippen LogP) is 1.79. The van der Waals surface area contributed by atoms with Crippen LogP contribution in [0.1, 0.15) is 64.0 Å². The summed E-state index contributed by atoms with van der Waals surface area (Å²) < 4.78 is 1.91. The zero-order chi connectivity index (χ0) is 17.9. The number of hydrogen-bond acceptors (Lipinski definition) is 4. The van der Waals surface area contributed by atoms with Crippen LogP contribution < -0.4 is 10.6 Å². The highest BCUT2D eigenvalue weighted by Gasteiger charge is 2.33. The number of fused-ring (bicyclic) bond motifs is 1. The Hall–Kier alpha value is -1.63. The van der Waals surface area contributed by atoms with Crippen molar-refractivity contribution in [3.63, 3.8) is 0 Å². The van der Waals surface area contributed by atoms with E-state index in [0.717, 1.165) is 43.8 Å². The fourth-order valence-corrected chi connectivity index (χ4v) is 3.99. The molecule has 1 fully saturated rings. The van der Waals surface area contributed by atoms with Crippen molar-refractivity contribution in [2.45, 2.75) is 83.4 Å². The molecule has 2 atom stereocenters. The van der Waals surface area contributed by atoms with Crippen LogP contribution in [0.4, 0.5) is 4.79 Å². The lowest BCUT2D eigenvalue weighted by atomic mass is 9.78. The number of aromatic nitrogens is 3. The third-order valence-electron chi connectivity index (χ3n) is 5.64. The van der Waals surface area contributed by atoms with Gasteiger partial charge < -0.3 is 15.7 Å². The van der Waals surface area contributed by atoms with Crippen LogP contribution in [0.5, 0.6) is 0 Å². The number of nitrogens with zero attached hydrogens (tertiary/aromatic N) is 3. The molecular formula is C18H31N5O2. The molecule has 0 saturated heterocycles. The van der Waals surface area contributed by atoms with Gasteiger partial charge in [0.15, 0.2) is 5.82 Å². The molecule has 2 unspecified atom stereocenters. The average molecular weight is 349 g/mol. The Kier molecular flexibility index (Phi) is 5.61. The molecule has 1 aromatic heterocycles. The van der Waals surface area contributed by atoms with Crippen LogP contribution in [-0.4, -0.2) is 44.1 Å². The molecule has 1 aromatic rings. The Labute approximate surface area is 149 Å². The lowest BCUT2D eigenvalue weighted by Gasteiger charge is -2.35. The van der Waals surface area contributed by atoms with Crippen molar-refractivity contribution in [3.05, 3.63) is 11.6 Å². The van der Waals surface area contributed by atoms with Crippen LogP contribution >= 0.6 is 0 Å². The summed E-state index contributed by atoms with van der Waals surface area (Å²) in [5, 5.41) is 21.0. The van der Waals surface area contributed by atoms with Gasteiger partial charge in [-0.2, -0.15) is 5.10 Å². The molecule has 140 valence electrons. The van der Waals surface area contributed by atoms with Gasteiger partial charge in [0, 0.05) is 19.4 Å². The smallest absolute Gasteiger partial charge is 0.315 e. The summed E-state index contributed by atoms with van der Waals surface area (Å²) in [7, 11) is 0. The van der Waals surface area contributed by atoms with Gasteiger partial charge in [0.2, 0.25) is 0 Å². The molecule has 0 spiro atoms. The minimum absolute atomic E-state index is 0.0542. The number of aliphatic hydroxyl groups is 1. The van der Waals surface area contributed by atoms with Crippen molar-refractivity contribution in [3.8, 4) is 0 Å². The number of aryl methyl sites for hydroxylation is 2. The molecule has 7 nitrogen and oxygen atoms in total. The van der Waals surface area contributed by atoms with Crippen molar-refractivity contribution in [1.82, 2.24) is 25.4 Å². The van der Waals surface area contributed by atoms with Gasteiger partial charge in [0.05, 0.1) is 18.2 Å². The van der Waals surface area contributed by atoms with Gasteiger partial charge in [-0.25, -0.2) is 14.5 Å². The molecule has 3 N–H and O–H groups in total. The second-order valence-corrected chi connectivity index (χ2v) is 7.73. The maximum atomic E-state index is 12.2. The van der Waals surface area contributed by atoms with Gasteiger partial charge in [-0.3, -0.25) is 0 Å². The number of rotatable bonds is 5. The van der Waals surface area contributed by atoms with Crippen molar-refractivity contribution < 1.29 is 9.90 Å². The van der Waals surface area contributed by atoms with E-state index in [1.54, 1.807) is 0 Å². The van der Waals surface area contributed by atoms with E-state index in [1.165, 1.54) is 19.3 Å². The summed E-state index contributed by atoms with van der Waals surface area (Å²) in [6, 6.07) is -0.154. The summed E-state index contributed by atoms with van der Waals surface area (Å²) in [6.07, 6.45) is 8.23. The Morgan fingerprint density at radius 3 is 2.80 bits per heavy atom. The van der Waals surface area contributed by atoms with E-state index >= 15 is 0 Å². The van der Waals surface area contributed by atoms with Gasteiger partial charge in [0.1, 0.15) is 5.82 Å². The molecule has 1 saturated carbocycles. The highest BCUT2D eigenvalue weighted by atomic mass is 16.3. The number of nitrogens with one attached hydrogen (secondary N) is 2. The number of amides is 2. The van der Waals surface area contributed by atoms with Crippen LogP contribution in [0.3, 0.4) is 0 Å². The number of hydrogen-bond donors (Lipinski definition) is 3. The Bertz CT molecular complexity index is 592. The van der Waals surface area contributed by atoms with Gasteiger partial charge in [-0.05, 0) is 32.1 Å². The number of urea groups is 1. The van der Waals surface area contributed by atoms with E-state index in [9.17, 15) is 9.90 Å². The van der Waals surface area contributed by atoms with E-state index in [1.807, 2.05) is 18.5 Å². The van der Waals surface area contributed by atoms with Crippen molar-refractivity contribution in [1.29, 1.82) is 0 Å². The first kappa shape index (κ1) is 18.2. The van der Waals surface area contributed by atoms with Crippen LogP contribution in [0.15, 0.2) is 0 Å². The quantitative estimate of drug-likeness (QED) is 0.756. The molecule has 25 heavy (non-hydrogen) atoms. The summed E-state index contributed by atoms with van der Waals surface area (Å²) in [4.78, 5) is 16.7. The fraction of sp³-hybridized carbons (Fsp3) is 0.833. The predicted molar refractivity (Wildman–Crippen MR) is 95.2 cm³/mol. The first-order chi connectivity index (χ1) is 12.0. The van der Waals surface area contributed by atoms with Crippen LogP contribution in [0.2, 0.25) is 0 Å². The summed E-state index contributed by atoms with van der Waals surface area (Å²) in [5.41, 5.74) is -0.834. The first-order valence-corrected chi connectivity index (χ1v) is 9.67. The zero-order valence-electron chi connectivity index (χ0n) is 15.4. The lowest BCUT2D eigenvalue weighted by Crippen LogP contribution is -2.52. The topological polar surface area (TPSA) is 92.1 Å². The van der Waals surface area contributed by atoms with Gasteiger partial charge in [0.25, 0.3) is 0 Å². The first-order valence-electron chi connectivity index (χ1n) is 9.67. The number of carbonyl (C=O) groups excluding carboxylic acids is 1. The minimum atomic E-state index is -0.834. The third kappa shape index (κ3) is 4.51. The summed E-state index contributed by atoms with van der Waals surface area (Å²) >= 11 is 0. The Morgan fingerprint density at radius 2 is 2.08 bits per heavy atom. The second-order valence-electron chi connectivity index (χ2n) is 7.73. The van der Waals surface area contributed by atoms with E-state index in [-0.39, 0.29) is 18.0 Å². The van der Waals surface area contributed by atoms with Crippen molar-refractivity contribution in [2.75, 3.05) is 6.54 Å². The molecule has 2 amide bonds. The molecule has 0 radical (unpaired) electrons. The average Bonchev–Trinajstić information content (AvgIpc) is 3.03. The summed E-state index contributed by atoms with van der Waals surface area (Å²) in [6.45, 7) is 4.85. The number of carbonyl (C=O) groups is 1. The molecular weight excluding hydrogens is 318 g/mol. The second kappa shape index (κ2) is 7.72. The highest BCUT2D eigenvalue weighted by Crippen LogP contribution is 2.32. The SMILES string of the molecule is CCc1nc2n(n1)CC(NC(=O)NCC(C)(O)C1CCCCC1)CC2. The van der Waals surface area contributed by atoms with E-state index < -0.39 is 5.60 Å². The van der Waals surface area contributed by atoms with Gasteiger partial charge in [-0.15, -0.1) is 0 Å². The molecule has 3 rings (SSSR count). The van der Waals surface area contributed by atoms with Crippen molar-refractivity contribution >= 4 is 6.03 Å². The molecule has 0 aromatic carbocycles. The molecule has 7 heteroatoms. The van der Waals surface area contributed by atoms with E-state index in [2.05, 4.69) is 20.7 Å². The Morgan fingerprint density at radius 1 is 1.32 bits per heavy atom. The molecule has 2 aliphatic rings. The lowest BCUT2D eigenvalue weighted by molar-refractivity contribution is -0.0131. The van der Waals surface area contributed by atoms with Crippen molar-refractivity contribution in [2.24, 2.45) is 5.92 Å². The maximum Gasteiger partial charge on any atom is 0.315 e. The third-order valence-corrected chi connectivity index (χ3v) is 5.64. The monoisotopic (exact) mass is 349 g/mol. The standard InChI is InChI=1S/C18H31N5O2/c1-3-15-21-16-10-9-14(11-23(16)22-15)20-17(24)19-12-18(2,25)13-7-5-4-6-8-13/h13-14,25H,3-12H2,1-2H3,(H2,19,20,24). The van der Waals surface area contributed by atoms with Gasteiger partial charge in [-0.1, -0.05) is 26.2 Å². The normalized spacial score (nSPS) is 23.6. The molecule has 1 aliphatic carbocycles. The molecule has 1 aliphatic heterocycles. The van der Waals surface area contributed by atoms with E-state index in [4.69, 9.17) is 0 Å². The molecule has 0 bridgehead atoms. The minimum Gasteiger partial charge on any atom is -0.388 e. The van der Waals surface area contributed by atoms with Crippen LogP contribution in [0, 0.1) is 5.92 Å². The van der Waals surface area contributed by atoms with Gasteiger partial charge >= 0.3 is 6.03 Å². The maximum absolute atomic E-state index is 12.2. The Balaban J connectivity index is 1.46. The zero-order valence-corrected chi connectivity index (χ0v) is 15.4. The highest BCUT2D eigenvalue weighted by molar-refractivity contribution is 5.74. The molecule has 2 heterocycles. The summed E-state index contributed by atoms with van der Waals surface area (Å²) in [5.74, 6) is 2.15. The van der Waals surface area contributed by atoms with E-state index in [0.29, 0.717) is 13.1 Å².